The first-order valence-corrected chi connectivity index (χ1v) is 7.02. The standard InChI is InChI=1S/C14H21N3O2/c1-3-10-11(4-2)16-17-13(12(10)14(18)19)15-8-9-6-5-7-9/h9H,3-8H2,1-2H3,(H,15,17)(H,18,19). The van der Waals surface area contributed by atoms with Crippen LogP contribution in [0.2, 0.25) is 0 Å². The summed E-state index contributed by atoms with van der Waals surface area (Å²) in [5.74, 6) is 0.158. The van der Waals surface area contributed by atoms with Gasteiger partial charge in [0, 0.05) is 6.54 Å². The number of aryl methyl sites for hydroxylation is 1. The fourth-order valence-corrected chi connectivity index (χ4v) is 2.46. The van der Waals surface area contributed by atoms with Crippen molar-refractivity contribution in [1.82, 2.24) is 10.2 Å². The Morgan fingerprint density at radius 1 is 1.32 bits per heavy atom. The lowest BCUT2D eigenvalue weighted by Gasteiger charge is -2.26. The molecule has 1 heterocycles. The van der Waals surface area contributed by atoms with Crippen molar-refractivity contribution in [3.05, 3.63) is 16.8 Å². The highest BCUT2D eigenvalue weighted by atomic mass is 16.4. The first-order valence-electron chi connectivity index (χ1n) is 7.02. The van der Waals surface area contributed by atoms with Gasteiger partial charge in [-0.3, -0.25) is 0 Å². The Kier molecular flexibility index (Phi) is 4.35. The number of nitrogens with one attached hydrogen (secondary N) is 1. The van der Waals surface area contributed by atoms with E-state index >= 15 is 0 Å². The van der Waals surface area contributed by atoms with E-state index in [0.29, 0.717) is 30.1 Å². The van der Waals surface area contributed by atoms with Gasteiger partial charge in [0.2, 0.25) is 0 Å². The minimum Gasteiger partial charge on any atom is -0.478 e. The number of anilines is 1. The Bertz CT molecular complexity index is 470. The first kappa shape index (κ1) is 13.8. The Hall–Kier alpha value is -1.65. The van der Waals surface area contributed by atoms with Crippen LogP contribution in [0, 0.1) is 5.92 Å². The van der Waals surface area contributed by atoms with Crippen LogP contribution in [0.3, 0.4) is 0 Å². The Balaban J connectivity index is 2.27. The highest BCUT2D eigenvalue weighted by Gasteiger charge is 2.22. The number of rotatable bonds is 6. The van der Waals surface area contributed by atoms with Gasteiger partial charge in [-0.15, -0.1) is 5.10 Å². The number of carbonyl (C=O) groups is 1. The van der Waals surface area contributed by atoms with Crippen LogP contribution in [0.1, 0.15) is 54.7 Å². The minimum atomic E-state index is -0.919. The SMILES string of the molecule is CCc1nnc(NCC2CCC2)c(C(=O)O)c1CC. The second-order valence-electron chi connectivity index (χ2n) is 5.04. The lowest BCUT2D eigenvalue weighted by molar-refractivity contribution is 0.0696. The van der Waals surface area contributed by atoms with Gasteiger partial charge in [0.15, 0.2) is 5.82 Å². The Morgan fingerprint density at radius 3 is 2.53 bits per heavy atom. The van der Waals surface area contributed by atoms with Crippen molar-refractivity contribution in [2.24, 2.45) is 5.92 Å². The van der Waals surface area contributed by atoms with Crippen molar-refractivity contribution in [1.29, 1.82) is 0 Å². The molecule has 0 aliphatic heterocycles. The maximum Gasteiger partial charge on any atom is 0.339 e. The maximum absolute atomic E-state index is 11.5. The van der Waals surface area contributed by atoms with Crippen LogP contribution in [0.15, 0.2) is 0 Å². The summed E-state index contributed by atoms with van der Waals surface area (Å²) in [6.45, 7) is 4.72. The van der Waals surface area contributed by atoms with Gasteiger partial charge in [0.05, 0.1) is 5.69 Å². The molecule has 1 saturated carbocycles. The summed E-state index contributed by atoms with van der Waals surface area (Å²) in [4.78, 5) is 11.5. The molecule has 0 aromatic carbocycles. The molecule has 0 radical (unpaired) electrons. The van der Waals surface area contributed by atoms with E-state index in [1.807, 2.05) is 13.8 Å². The molecule has 5 nitrogen and oxygen atoms in total. The highest BCUT2D eigenvalue weighted by molar-refractivity contribution is 5.95. The van der Waals surface area contributed by atoms with E-state index in [0.717, 1.165) is 17.8 Å². The highest BCUT2D eigenvalue weighted by Crippen LogP contribution is 2.27. The molecule has 0 saturated heterocycles. The number of aromatic nitrogens is 2. The Labute approximate surface area is 113 Å². The number of nitrogens with zero attached hydrogens (tertiary/aromatic N) is 2. The smallest absolute Gasteiger partial charge is 0.339 e. The fraction of sp³-hybridized carbons (Fsp3) is 0.643. The summed E-state index contributed by atoms with van der Waals surface area (Å²) in [7, 11) is 0. The molecule has 2 N–H and O–H groups in total. The van der Waals surface area contributed by atoms with E-state index in [2.05, 4.69) is 15.5 Å². The number of hydrogen-bond acceptors (Lipinski definition) is 4. The summed E-state index contributed by atoms with van der Waals surface area (Å²) in [6, 6.07) is 0. The molecular weight excluding hydrogens is 242 g/mol. The number of carboxylic acids is 1. The zero-order valence-corrected chi connectivity index (χ0v) is 11.6. The van der Waals surface area contributed by atoms with Gasteiger partial charge in [0.1, 0.15) is 5.56 Å². The van der Waals surface area contributed by atoms with Crippen LogP contribution in [0.4, 0.5) is 5.82 Å². The number of hydrogen-bond donors (Lipinski definition) is 2. The van der Waals surface area contributed by atoms with Crippen LogP contribution < -0.4 is 5.32 Å². The zero-order chi connectivity index (χ0) is 13.8. The molecule has 1 fully saturated rings. The van der Waals surface area contributed by atoms with Crippen LogP contribution in [-0.2, 0) is 12.8 Å². The lowest BCUT2D eigenvalue weighted by atomic mass is 9.85. The van der Waals surface area contributed by atoms with Crippen molar-refractivity contribution in [2.75, 3.05) is 11.9 Å². The first-order chi connectivity index (χ1) is 9.17. The number of carboxylic acid groups (broad SMARTS) is 1. The molecule has 1 aliphatic carbocycles. The van der Waals surface area contributed by atoms with E-state index in [-0.39, 0.29) is 0 Å². The average molecular weight is 263 g/mol. The average Bonchev–Trinajstić information content (AvgIpc) is 2.35. The van der Waals surface area contributed by atoms with Gasteiger partial charge in [0.25, 0.3) is 0 Å². The van der Waals surface area contributed by atoms with Crippen molar-refractivity contribution < 1.29 is 9.90 Å². The van der Waals surface area contributed by atoms with E-state index in [1.54, 1.807) is 0 Å². The van der Waals surface area contributed by atoms with Gasteiger partial charge in [-0.2, -0.15) is 5.10 Å². The second kappa shape index (κ2) is 5.99. The quantitative estimate of drug-likeness (QED) is 0.824. The van der Waals surface area contributed by atoms with Crippen molar-refractivity contribution in [3.8, 4) is 0 Å². The third-order valence-corrected chi connectivity index (χ3v) is 3.84. The predicted octanol–water partition coefficient (Wildman–Crippen LogP) is 2.51. The molecule has 1 aromatic heterocycles. The molecule has 0 spiro atoms. The molecule has 0 unspecified atom stereocenters. The van der Waals surface area contributed by atoms with Crippen LogP contribution in [0.5, 0.6) is 0 Å². The molecule has 104 valence electrons. The third-order valence-electron chi connectivity index (χ3n) is 3.84. The summed E-state index contributed by atoms with van der Waals surface area (Å²) < 4.78 is 0. The molecule has 0 atom stereocenters. The topological polar surface area (TPSA) is 75.1 Å². The Morgan fingerprint density at radius 2 is 2.05 bits per heavy atom. The van der Waals surface area contributed by atoms with Gasteiger partial charge in [-0.25, -0.2) is 4.79 Å². The second-order valence-corrected chi connectivity index (χ2v) is 5.04. The van der Waals surface area contributed by atoms with E-state index < -0.39 is 5.97 Å². The van der Waals surface area contributed by atoms with E-state index in [1.165, 1.54) is 19.3 Å². The fourth-order valence-electron chi connectivity index (χ4n) is 2.46. The maximum atomic E-state index is 11.5. The molecule has 19 heavy (non-hydrogen) atoms. The molecule has 1 aromatic rings. The summed E-state index contributed by atoms with van der Waals surface area (Å²) in [5.41, 5.74) is 1.89. The normalized spacial score (nSPS) is 15.1. The molecular formula is C14H21N3O2. The molecule has 1 aliphatic rings. The summed E-state index contributed by atoms with van der Waals surface area (Å²) in [6.07, 6.45) is 5.09. The molecule has 5 heteroatoms. The summed E-state index contributed by atoms with van der Waals surface area (Å²) in [5, 5.41) is 20.8. The van der Waals surface area contributed by atoms with Crippen LogP contribution in [0.25, 0.3) is 0 Å². The largest absolute Gasteiger partial charge is 0.478 e. The number of aromatic carboxylic acids is 1. The third kappa shape index (κ3) is 2.85. The van der Waals surface area contributed by atoms with E-state index in [4.69, 9.17) is 0 Å². The zero-order valence-electron chi connectivity index (χ0n) is 11.6. The molecule has 2 rings (SSSR count). The lowest BCUT2D eigenvalue weighted by Crippen LogP contribution is -2.23. The minimum absolute atomic E-state index is 0.300. The molecule has 0 amide bonds. The van der Waals surface area contributed by atoms with Crippen molar-refractivity contribution >= 4 is 11.8 Å². The van der Waals surface area contributed by atoms with Gasteiger partial charge >= 0.3 is 5.97 Å². The summed E-state index contributed by atoms with van der Waals surface area (Å²) >= 11 is 0. The van der Waals surface area contributed by atoms with Crippen LogP contribution in [-0.4, -0.2) is 27.8 Å². The van der Waals surface area contributed by atoms with Gasteiger partial charge in [-0.1, -0.05) is 20.3 Å². The van der Waals surface area contributed by atoms with Gasteiger partial charge < -0.3 is 10.4 Å². The van der Waals surface area contributed by atoms with Crippen molar-refractivity contribution in [2.45, 2.75) is 46.0 Å². The molecule has 0 bridgehead atoms. The van der Waals surface area contributed by atoms with Gasteiger partial charge in [-0.05, 0) is 37.2 Å². The van der Waals surface area contributed by atoms with Crippen molar-refractivity contribution in [3.63, 3.8) is 0 Å². The monoisotopic (exact) mass is 263 g/mol. The van der Waals surface area contributed by atoms with E-state index in [9.17, 15) is 9.90 Å². The predicted molar refractivity (Wildman–Crippen MR) is 73.6 cm³/mol. The van der Waals surface area contributed by atoms with Crippen LogP contribution >= 0.6 is 0 Å².